The summed E-state index contributed by atoms with van der Waals surface area (Å²) in [7, 11) is -3.23. The van der Waals surface area contributed by atoms with Crippen molar-refractivity contribution in [2.24, 2.45) is 0 Å². The predicted molar refractivity (Wildman–Crippen MR) is 89.3 cm³/mol. The molecular formula is C18H22O3S. The van der Waals surface area contributed by atoms with E-state index in [4.69, 9.17) is 4.74 Å². The lowest BCUT2D eigenvalue weighted by atomic mass is 10.1. The van der Waals surface area contributed by atoms with E-state index >= 15 is 0 Å². The van der Waals surface area contributed by atoms with Gasteiger partial charge in [0.05, 0.1) is 17.3 Å². The molecule has 0 atom stereocenters. The molecule has 3 nitrogen and oxygen atoms in total. The van der Waals surface area contributed by atoms with Gasteiger partial charge >= 0.3 is 0 Å². The Labute approximate surface area is 132 Å². The fourth-order valence-electron chi connectivity index (χ4n) is 2.32. The number of rotatable bonds is 6. The van der Waals surface area contributed by atoms with Gasteiger partial charge in [-0.3, -0.25) is 0 Å². The lowest BCUT2D eigenvalue weighted by Crippen LogP contribution is -2.10. The number of sulfone groups is 1. The summed E-state index contributed by atoms with van der Waals surface area (Å²) in [6.07, 6.45) is 0.475. The Morgan fingerprint density at radius 1 is 0.864 bits per heavy atom. The van der Waals surface area contributed by atoms with Crippen molar-refractivity contribution < 1.29 is 13.2 Å². The van der Waals surface area contributed by atoms with Crippen LogP contribution >= 0.6 is 0 Å². The van der Waals surface area contributed by atoms with E-state index in [1.807, 2.05) is 45.0 Å². The van der Waals surface area contributed by atoms with Gasteiger partial charge < -0.3 is 4.74 Å². The third-order valence-corrected chi connectivity index (χ3v) is 5.22. The summed E-state index contributed by atoms with van der Waals surface area (Å²) in [5, 5.41) is 0. The molecule has 0 amide bonds. The van der Waals surface area contributed by atoms with E-state index in [-0.39, 0.29) is 5.75 Å². The predicted octanol–water partition coefficient (Wildman–Crippen LogP) is 3.85. The standard InChI is InChI=1S/C18H22O3S/c1-14-5-7-18(8-6-14)22(19,20)10-4-9-21-17-12-15(2)11-16(3)13-17/h5-8,11-13H,4,9-10H2,1-3H3. The molecule has 2 rings (SSSR count). The second-order valence-corrected chi connectivity index (χ2v) is 7.77. The monoisotopic (exact) mass is 318 g/mol. The van der Waals surface area contributed by atoms with Gasteiger partial charge in [0.1, 0.15) is 5.75 Å². The first kappa shape index (κ1) is 16.6. The van der Waals surface area contributed by atoms with E-state index < -0.39 is 9.84 Å². The zero-order valence-corrected chi connectivity index (χ0v) is 14.1. The van der Waals surface area contributed by atoms with Crippen molar-refractivity contribution >= 4 is 9.84 Å². The van der Waals surface area contributed by atoms with Crippen LogP contribution in [0.4, 0.5) is 0 Å². The van der Waals surface area contributed by atoms with Crippen molar-refractivity contribution in [1.29, 1.82) is 0 Å². The fourth-order valence-corrected chi connectivity index (χ4v) is 3.60. The molecule has 2 aromatic carbocycles. The lowest BCUT2D eigenvalue weighted by Gasteiger charge is -2.09. The van der Waals surface area contributed by atoms with Gasteiger partial charge in [-0.25, -0.2) is 8.42 Å². The summed E-state index contributed by atoms with van der Waals surface area (Å²) in [5.41, 5.74) is 3.33. The van der Waals surface area contributed by atoms with Crippen LogP contribution in [0.5, 0.6) is 5.75 Å². The molecule has 0 heterocycles. The third-order valence-electron chi connectivity index (χ3n) is 3.40. The molecule has 0 spiro atoms. The number of aryl methyl sites for hydroxylation is 3. The molecule has 22 heavy (non-hydrogen) atoms. The van der Waals surface area contributed by atoms with Crippen LogP contribution in [0.15, 0.2) is 47.4 Å². The Bertz CT molecular complexity index is 711. The minimum atomic E-state index is -3.23. The van der Waals surface area contributed by atoms with Crippen molar-refractivity contribution in [2.45, 2.75) is 32.1 Å². The number of ether oxygens (including phenoxy) is 1. The largest absolute Gasteiger partial charge is 0.494 e. The molecule has 0 aliphatic heterocycles. The molecule has 0 unspecified atom stereocenters. The maximum absolute atomic E-state index is 12.2. The van der Waals surface area contributed by atoms with E-state index in [9.17, 15) is 8.42 Å². The minimum absolute atomic E-state index is 0.0981. The van der Waals surface area contributed by atoms with Crippen LogP contribution in [0.3, 0.4) is 0 Å². The van der Waals surface area contributed by atoms with Gasteiger partial charge in [-0.1, -0.05) is 23.8 Å². The van der Waals surface area contributed by atoms with Crippen molar-refractivity contribution in [2.75, 3.05) is 12.4 Å². The third kappa shape index (κ3) is 4.60. The van der Waals surface area contributed by atoms with Gasteiger partial charge in [-0.05, 0) is 62.6 Å². The summed E-state index contributed by atoms with van der Waals surface area (Å²) < 4.78 is 30.1. The lowest BCUT2D eigenvalue weighted by molar-refractivity contribution is 0.317. The maximum Gasteiger partial charge on any atom is 0.178 e. The first-order valence-electron chi connectivity index (χ1n) is 7.37. The van der Waals surface area contributed by atoms with Crippen LogP contribution in [0.25, 0.3) is 0 Å². The Balaban J connectivity index is 1.89. The van der Waals surface area contributed by atoms with Crippen molar-refractivity contribution in [3.63, 3.8) is 0 Å². The second kappa shape index (κ2) is 6.97. The number of benzene rings is 2. The maximum atomic E-state index is 12.2. The van der Waals surface area contributed by atoms with Gasteiger partial charge in [0.15, 0.2) is 9.84 Å². The Morgan fingerprint density at radius 3 is 2.05 bits per heavy atom. The average molecular weight is 318 g/mol. The van der Waals surface area contributed by atoms with E-state index in [2.05, 4.69) is 6.07 Å². The van der Waals surface area contributed by atoms with Gasteiger partial charge in [0, 0.05) is 0 Å². The molecule has 0 radical (unpaired) electrons. The topological polar surface area (TPSA) is 43.4 Å². The normalized spacial score (nSPS) is 11.4. The highest BCUT2D eigenvalue weighted by Gasteiger charge is 2.13. The summed E-state index contributed by atoms with van der Waals surface area (Å²) in [6.45, 7) is 6.37. The molecule has 0 bridgehead atoms. The number of hydrogen-bond donors (Lipinski definition) is 0. The minimum Gasteiger partial charge on any atom is -0.494 e. The summed E-state index contributed by atoms with van der Waals surface area (Å²) in [4.78, 5) is 0.379. The summed E-state index contributed by atoms with van der Waals surface area (Å²) in [5.74, 6) is 0.895. The van der Waals surface area contributed by atoms with Gasteiger partial charge in [-0.15, -0.1) is 0 Å². The molecule has 0 N–H and O–H groups in total. The van der Waals surface area contributed by atoms with Gasteiger partial charge in [-0.2, -0.15) is 0 Å². The van der Waals surface area contributed by atoms with Crippen LogP contribution in [0.2, 0.25) is 0 Å². The van der Waals surface area contributed by atoms with E-state index in [1.54, 1.807) is 12.1 Å². The first-order valence-corrected chi connectivity index (χ1v) is 9.02. The molecule has 118 valence electrons. The van der Waals surface area contributed by atoms with E-state index in [0.29, 0.717) is 17.9 Å². The van der Waals surface area contributed by atoms with Crippen LogP contribution in [-0.2, 0) is 9.84 Å². The van der Waals surface area contributed by atoms with Crippen molar-refractivity contribution in [3.8, 4) is 5.75 Å². The first-order chi connectivity index (χ1) is 10.4. The quantitative estimate of drug-likeness (QED) is 0.760. The van der Waals surface area contributed by atoms with E-state index in [0.717, 1.165) is 22.4 Å². The highest BCUT2D eigenvalue weighted by atomic mass is 32.2. The molecular weight excluding hydrogens is 296 g/mol. The number of hydrogen-bond acceptors (Lipinski definition) is 3. The Hall–Kier alpha value is -1.81. The summed E-state index contributed by atoms with van der Waals surface area (Å²) >= 11 is 0. The fraction of sp³-hybridized carbons (Fsp3) is 0.333. The molecule has 0 aliphatic rings. The van der Waals surface area contributed by atoms with E-state index in [1.165, 1.54) is 0 Å². The van der Waals surface area contributed by atoms with Crippen LogP contribution in [0, 0.1) is 20.8 Å². The van der Waals surface area contributed by atoms with Gasteiger partial charge in [0.25, 0.3) is 0 Å². The molecule has 0 saturated heterocycles. The molecule has 0 aliphatic carbocycles. The zero-order chi connectivity index (χ0) is 16.2. The van der Waals surface area contributed by atoms with Crippen molar-refractivity contribution in [1.82, 2.24) is 0 Å². The molecule has 0 aromatic heterocycles. The molecule has 4 heteroatoms. The average Bonchev–Trinajstić information content (AvgIpc) is 2.43. The van der Waals surface area contributed by atoms with Crippen molar-refractivity contribution in [3.05, 3.63) is 59.2 Å². The Morgan fingerprint density at radius 2 is 1.45 bits per heavy atom. The zero-order valence-electron chi connectivity index (χ0n) is 13.3. The van der Waals surface area contributed by atoms with Gasteiger partial charge in [0.2, 0.25) is 0 Å². The Kier molecular flexibility index (Phi) is 5.24. The smallest absolute Gasteiger partial charge is 0.178 e. The van der Waals surface area contributed by atoms with Crippen LogP contribution in [0.1, 0.15) is 23.1 Å². The highest BCUT2D eigenvalue weighted by Crippen LogP contribution is 2.17. The summed E-state index contributed by atoms with van der Waals surface area (Å²) in [6, 6.07) is 13.0. The molecule has 0 saturated carbocycles. The van der Waals surface area contributed by atoms with Crippen LogP contribution in [-0.4, -0.2) is 20.8 Å². The molecule has 0 fully saturated rings. The SMILES string of the molecule is Cc1ccc(S(=O)(=O)CCCOc2cc(C)cc(C)c2)cc1. The second-order valence-electron chi connectivity index (χ2n) is 5.66. The highest BCUT2D eigenvalue weighted by molar-refractivity contribution is 7.91. The van der Waals surface area contributed by atoms with Crippen LogP contribution < -0.4 is 4.74 Å². The molecule has 2 aromatic rings.